The Morgan fingerprint density at radius 2 is 1.78 bits per heavy atom. The lowest BCUT2D eigenvalue weighted by Gasteiger charge is -2.08. The van der Waals surface area contributed by atoms with Crippen LogP contribution in [-0.4, -0.2) is 13.1 Å². The van der Waals surface area contributed by atoms with Crippen LogP contribution in [0.4, 0.5) is 13.2 Å². The molecule has 0 bridgehead atoms. The van der Waals surface area contributed by atoms with E-state index in [1.165, 1.54) is 17.7 Å². The molecule has 0 aromatic heterocycles. The van der Waals surface area contributed by atoms with Gasteiger partial charge in [0.05, 0.1) is 5.56 Å². The first-order chi connectivity index (χ1) is 8.47. The van der Waals surface area contributed by atoms with E-state index in [9.17, 15) is 13.2 Å². The summed E-state index contributed by atoms with van der Waals surface area (Å²) in [5, 5.41) is 3.21. The zero-order chi connectivity index (χ0) is 13.6. The van der Waals surface area contributed by atoms with Crippen LogP contribution in [0.3, 0.4) is 0 Å². The van der Waals surface area contributed by atoms with E-state index in [2.05, 4.69) is 5.32 Å². The van der Waals surface area contributed by atoms with Crippen molar-refractivity contribution in [2.24, 2.45) is 0 Å². The highest BCUT2D eigenvalue weighted by molar-refractivity contribution is 5.53. The second-order valence-electron chi connectivity index (χ2n) is 4.06. The first-order valence-electron chi connectivity index (χ1n) is 6.04. The van der Waals surface area contributed by atoms with Crippen LogP contribution in [-0.2, 0) is 6.18 Å². The standard InChI is InChI=1S/C14H18F3N/c1-3-11(10-18-4-2)9-12-5-7-13(8-6-12)14(15,16)17/h5-9,18H,3-4,10H2,1-2H3. The number of halogens is 3. The summed E-state index contributed by atoms with van der Waals surface area (Å²) >= 11 is 0. The van der Waals surface area contributed by atoms with Gasteiger partial charge < -0.3 is 5.32 Å². The van der Waals surface area contributed by atoms with Gasteiger partial charge in [-0.1, -0.05) is 37.6 Å². The van der Waals surface area contributed by atoms with Gasteiger partial charge in [-0.15, -0.1) is 0 Å². The minimum Gasteiger partial charge on any atom is -0.313 e. The smallest absolute Gasteiger partial charge is 0.313 e. The molecule has 0 amide bonds. The summed E-state index contributed by atoms with van der Waals surface area (Å²) in [6.45, 7) is 5.71. The Balaban J connectivity index is 2.81. The van der Waals surface area contributed by atoms with Gasteiger partial charge in [0.1, 0.15) is 0 Å². The molecule has 0 spiro atoms. The Hall–Kier alpha value is -1.29. The summed E-state index contributed by atoms with van der Waals surface area (Å²) in [7, 11) is 0. The van der Waals surface area contributed by atoms with Crippen molar-refractivity contribution in [2.75, 3.05) is 13.1 Å². The molecule has 0 aliphatic heterocycles. The van der Waals surface area contributed by atoms with Gasteiger partial charge in [0.15, 0.2) is 0 Å². The molecule has 1 N–H and O–H groups in total. The van der Waals surface area contributed by atoms with E-state index < -0.39 is 11.7 Å². The number of hydrogen-bond donors (Lipinski definition) is 1. The third-order valence-corrected chi connectivity index (χ3v) is 2.66. The number of benzene rings is 1. The van der Waals surface area contributed by atoms with Gasteiger partial charge in [-0.05, 0) is 30.7 Å². The summed E-state index contributed by atoms with van der Waals surface area (Å²) in [5.41, 5.74) is 1.37. The first-order valence-corrected chi connectivity index (χ1v) is 6.04. The lowest BCUT2D eigenvalue weighted by molar-refractivity contribution is -0.137. The van der Waals surface area contributed by atoms with Gasteiger partial charge >= 0.3 is 6.18 Å². The second kappa shape index (κ2) is 6.59. The predicted octanol–water partition coefficient (Wildman–Crippen LogP) is 4.11. The van der Waals surface area contributed by atoms with Crippen LogP contribution in [0.5, 0.6) is 0 Å². The highest BCUT2D eigenvalue weighted by Crippen LogP contribution is 2.29. The van der Waals surface area contributed by atoms with Crippen molar-refractivity contribution in [3.63, 3.8) is 0 Å². The van der Waals surface area contributed by atoms with Crippen LogP contribution in [0.1, 0.15) is 31.4 Å². The van der Waals surface area contributed by atoms with Gasteiger partial charge in [-0.25, -0.2) is 0 Å². The average molecular weight is 257 g/mol. The molecule has 1 aromatic carbocycles. The maximum Gasteiger partial charge on any atom is 0.416 e. The molecule has 0 radical (unpaired) electrons. The molecular weight excluding hydrogens is 239 g/mol. The Labute approximate surface area is 106 Å². The van der Waals surface area contributed by atoms with E-state index >= 15 is 0 Å². The summed E-state index contributed by atoms with van der Waals surface area (Å²) in [6.07, 6.45) is -1.45. The Morgan fingerprint density at radius 3 is 2.22 bits per heavy atom. The fourth-order valence-corrected chi connectivity index (χ4v) is 1.57. The highest BCUT2D eigenvalue weighted by Gasteiger charge is 2.29. The summed E-state index contributed by atoms with van der Waals surface area (Å²) < 4.78 is 37.2. The van der Waals surface area contributed by atoms with Gasteiger partial charge in [0, 0.05) is 6.54 Å². The largest absolute Gasteiger partial charge is 0.416 e. The molecule has 0 aliphatic carbocycles. The number of hydrogen-bond acceptors (Lipinski definition) is 1. The molecule has 1 aromatic rings. The summed E-state index contributed by atoms with van der Waals surface area (Å²) in [4.78, 5) is 0. The Morgan fingerprint density at radius 1 is 1.17 bits per heavy atom. The summed E-state index contributed by atoms with van der Waals surface area (Å²) in [5.74, 6) is 0. The molecule has 100 valence electrons. The number of nitrogens with one attached hydrogen (secondary N) is 1. The maximum absolute atomic E-state index is 12.4. The predicted molar refractivity (Wildman–Crippen MR) is 68.3 cm³/mol. The van der Waals surface area contributed by atoms with E-state index in [-0.39, 0.29) is 0 Å². The Bertz CT molecular complexity index is 390. The number of alkyl halides is 3. The quantitative estimate of drug-likeness (QED) is 0.837. The Kier molecular flexibility index (Phi) is 5.41. The lowest BCUT2D eigenvalue weighted by atomic mass is 10.1. The first kappa shape index (κ1) is 14.8. The van der Waals surface area contributed by atoms with Crippen LogP contribution in [0.25, 0.3) is 6.08 Å². The molecule has 4 heteroatoms. The molecule has 1 nitrogen and oxygen atoms in total. The van der Waals surface area contributed by atoms with Crippen molar-refractivity contribution in [3.8, 4) is 0 Å². The van der Waals surface area contributed by atoms with Crippen molar-refractivity contribution < 1.29 is 13.2 Å². The fraction of sp³-hybridized carbons (Fsp3) is 0.429. The highest BCUT2D eigenvalue weighted by atomic mass is 19.4. The molecule has 0 heterocycles. The fourth-order valence-electron chi connectivity index (χ4n) is 1.57. The third-order valence-electron chi connectivity index (χ3n) is 2.66. The van der Waals surface area contributed by atoms with E-state index in [0.29, 0.717) is 0 Å². The molecule has 0 fully saturated rings. The maximum atomic E-state index is 12.4. The van der Waals surface area contributed by atoms with Gasteiger partial charge in [0.25, 0.3) is 0 Å². The molecule has 0 aliphatic rings. The molecular formula is C14H18F3N. The molecule has 0 atom stereocenters. The van der Waals surface area contributed by atoms with Gasteiger partial charge in [0.2, 0.25) is 0 Å². The average Bonchev–Trinajstić information content (AvgIpc) is 2.34. The molecule has 0 unspecified atom stereocenters. The van der Waals surface area contributed by atoms with Crippen LogP contribution < -0.4 is 5.32 Å². The SMILES string of the molecule is CCNCC(=Cc1ccc(C(F)(F)F)cc1)CC. The van der Waals surface area contributed by atoms with Crippen LogP contribution >= 0.6 is 0 Å². The van der Waals surface area contributed by atoms with E-state index in [4.69, 9.17) is 0 Å². The monoisotopic (exact) mass is 257 g/mol. The molecule has 0 saturated carbocycles. The van der Waals surface area contributed by atoms with E-state index in [1.54, 1.807) is 0 Å². The second-order valence-corrected chi connectivity index (χ2v) is 4.06. The zero-order valence-corrected chi connectivity index (χ0v) is 10.6. The lowest BCUT2D eigenvalue weighted by Crippen LogP contribution is -2.15. The van der Waals surface area contributed by atoms with Crippen LogP contribution in [0.2, 0.25) is 0 Å². The van der Waals surface area contributed by atoms with Crippen molar-refractivity contribution >= 4 is 6.08 Å². The number of likely N-dealkylation sites (N-methyl/N-ethyl adjacent to an activating group) is 1. The zero-order valence-electron chi connectivity index (χ0n) is 10.6. The number of rotatable bonds is 5. The van der Waals surface area contributed by atoms with Crippen molar-refractivity contribution in [1.82, 2.24) is 5.32 Å². The molecule has 1 rings (SSSR count). The van der Waals surface area contributed by atoms with Crippen molar-refractivity contribution in [3.05, 3.63) is 41.0 Å². The topological polar surface area (TPSA) is 12.0 Å². The normalized spacial score (nSPS) is 12.8. The summed E-state index contributed by atoms with van der Waals surface area (Å²) in [6, 6.07) is 5.24. The van der Waals surface area contributed by atoms with Crippen LogP contribution in [0, 0.1) is 0 Å². The molecule has 18 heavy (non-hydrogen) atoms. The van der Waals surface area contributed by atoms with Gasteiger partial charge in [-0.3, -0.25) is 0 Å². The third kappa shape index (κ3) is 4.53. The minimum atomic E-state index is -4.26. The van der Waals surface area contributed by atoms with Crippen molar-refractivity contribution in [2.45, 2.75) is 26.4 Å². The van der Waals surface area contributed by atoms with E-state index in [0.717, 1.165) is 37.2 Å². The molecule has 0 saturated heterocycles. The van der Waals surface area contributed by atoms with Gasteiger partial charge in [-0.2, -0.15) is 13.2 Å². The van der Waals surface area contributed by atoms with Crippen molar-refractivity contribution in [1.29, 1.82) is 0 Å². The van der Waals surface area contributed by atoms with E-state index in [1.807, 2.05) is 19.9 Å². The van der Waals surface area contributed by atoms with Crippen LogP contribution in [0.15, 0.2) is 29.8 Å². The minimum absolute atomic E-state index is 0.607.